The number of aryl methyl sites for hydroxylation is 1. The Bertz CT molecular complexity index is 1080. The van der Waals surface area contributed by atoms with Crippen molar-refractivity contribution in [2.45, 2.75) is 26.3 Å². The molecule has 0 radical (unpaired) electrons. The lowest BCUT2D eigenvalue weighted by Gasteiger charge is -2.21. The number of rotatable bonds is 5. The number of hydrogen-bond donors (Lipinski definition) is 1. The zero-order valence-electron chi connectivity index (χ0n) is 16.2. The third-order valence-corrected chi connectivity index (χ3v) is 5.89. The van der Waals surface area contributed by atoms with Crippen LogP contribution in [-0.4, -0.2) is 39.2 Å². The molecule has 7 nitrogen and oxygen atoms in total. The summed E-state index contributed by atoms with van der Waals surface area (Å²) in [4.78, 5) is 24.2. The van der Waals surface area contributed by atoms with Crippen LogP contribution in [0.2, 0.25) is 0 Å². The summed E-state index contributed by atoms with van der Waals surface area (Å²) in [6, 6.07) is 8.62. The van der Waals surface area contributed by atoms with Crippen LogP contribution in [0, 0.1) is 12.7 Å². The van der Waals surface area contributed by atoms with Gasteiger partial charge in [-0.2, -0.15) is 0 Å². The Balaban J connectivity index is 1.64. The molecule has 1 heterocycles. The highest BCUT2D eigenvalue weighted by Crippen LogP contribution is 2.34. The molecule has 3 rings (SSSR count). The summed E-state index contributed by atoms with van der Waals surface area (Å²) in [7, 11) is -3.42. The fourth-order valence-corrected chi connectivity index (χ4v) is 4.58. The first-order chi connectivity index (χ1) is 13.6. The predicted molar refractivity (Wildman–Crippen MR) is 107 cm³/mol. The summed E-state index contributed by atoms with van der Waals surface area (Å²) in [6.45, 7) is 2.86. The minimum absolute atomic E-state index is 0.223. The lowest BCUT2D eigenvalue weighted by molar-refractivity contribution is -0.119. The van der Waals surface area contributed by atoms with E-state index >= 15 is 0 Å². The van der Waals surface area contributed by atoms with E-state index in [2.05, 4.69) is 5.32 Å². The van der Waals surface area contributed by atoms with Crippen molar-refractivity contribution in [3.63, 3.8) is 0 Å². The van der Waals surface area contributed by atoms with Crippen molar-refractivity contribution >= 4 is 33.3 Å². The fourth-order valence-electron chi connectivity index (χ4n) is 3.32. The molecule has 2 aromatic carbocycles. The number of esters is 1. The molecule has 0 bridgehead atoms. The van der Waals surface area contributed by atoms with Crippen molar-refractivity contribution in [1.82, 2.24) is 0 Å². The SMILES string of the molecule is Cc1ccc(NC(=O)COC(=O)c2ccc3c(c2)C[C@H](C)N3S(C)(=O)=O)cc1F. The normalized spacial score (nSPS) is 15.7. The van der Waals surface area contributed by atoms with E-state index in [0.717, 1.165) is 11.8 Å². The van der Waals surface area contributed by atoms with Crippen molar-refractivity contribution in [2.75, 3.05) is 22.5 Å². The molecule has 0 aromatic heterocycles. The van der Waals surface area contributed by atoms with Gasteiger partial charge in [0, 0.05) is 11.7 Å². The van der Waals surface area contributed by atoms with Crippen molar-refractivity contribution in [3.8, 4) is 0 Å². The second-order valence-electron chi connectivity index (χ2n) is 7.04. The van der Waals surface area contributed by atoms with Crippen LogP contribution in [0.1, 0.15) is 28.4 Å². The van der Waals surface area contributed by atoms with Gasteiger partial charge in [0.05, 0.1) is 17.5 Å². The number of fused-ring (bicyclic) bond motifs is 1. The molecule has 0 saturated carbocycles. The third kappa shape index (κ3) is 4.56. The number of amides is 1. The van der Waals surface area contributed by atoms with Crippen LogP contribution in [0.15, 0.2) is 36.4 Å². The smallest absolute Gasteiger partial charge is 0.338 e. The van der Waals surface area contributed by atoms with Gasteiger partial charge in [0.1, 0.15) is 5.82 Å². The van der Waals surface area contributed by atoms with Crippen LogP contribution >= 0.6 is 0 Å². The van der Waals surface area contributed by atoms with Crippen LogP contribution in [0.3, 0.4) is 0 Å². The van der Waals surface area contributed by atoms with Crippen LogP contribution in [0.4, 0.5) is 15.8 Å². The number of nitrogens with one attached hydrogen (secondary N) is 1. The number of hydrogen-bond acceptors (Lipinski definition) is 5. The van der Waals surface area contributed by atoms with E-state index in [9.17, 15) is 22.4 Å². The van der Waals surface area contributed by atoms with Crippen molar-refractivity contribution < 1.29 is 27.1 Å². The summed E-state index contributed by atoms with van der Waals surface area (Å²) in [6.07, 6.45) is 1.61. The molecule has 0 saturated heterocycles. The second-order valence-corrected chi connectivity index (χ2v) is 8.90. The van der Waals surface area contributed by atoms with E-state index in [0.29, 0.717) is 17.7 Å². The first-order valence-electron chi connectivity index (χ1n) is 8.91. The summed E-state index contributed by atoms with van der Waals surface area (Å²) in [5.74, 6) is -1.75. The van der Waals surface area contributed by atoms with Gasteiger partial charge in [-0.1, -0.05) is 6.07 Å². The van der Waals surface area contributed by atoms with Gasteiger partial charge in [-0.25, -0.2) is 17.6 Å². The number of carbonyl (C=O) groups excluding carboxylic acids is 2. The van der Waals surface area contributed by atoms with Gasteiger partial charge in [0.15, 0.2) is 6.61 Å². The summed E-state index contributed by atoms with van der Waals surface area (Å²) >= 11 is 0. The van der Waals surface area contributed by atoms with E-state index in [1.807, 2.05) is 0 Å². The fraction of sp³-hybridized carbons (Fsp3) is 0.300. The monoisotopic (exact) mass is 420 g/mol. The van der Waals surface area contributed by atoms with Crippen LogP contribution in [-0.2, 0) is 26.0 Å². The molecule has 154 valence electrons. The molecular formula is C20H21FN2O5S. The minimum Gasteiger partial charge on any atom is -0.452 e. The van der Waals surface area contributed by atoms with Crippen LogP contribution in [0.5, 0.6) is 0 Å². The number of carbonyl (C=O) groups is 2. The molecule has 1 N–H and O–H groups in total. The maximum atomic E-state index is 13.5. The van der Waals surface area contributed by atoms with Gasteiger partial charge in [-0.15, -0.1) is 0 Å². The molecule has 1 aliphatic rings. The highest BCUT2D eigenvalue weighted by Gasteiger charge is 2.32. The molecular weight excluding hydrogens is 399 g/mol. The zero-order valence-corrected chi connectivity index (χ0v) is 17.0. The van der Waals surface area contributed by atoms with E-state index in [-0.39, 0.29) is 17.3 Å². The van der Waals surface area contributed by atoms with E-state index in [1.165, 1.54) is 22.5 Å². The minimum atomic E-state index is -3.42. The highest BCUT2D eigenvalue weighted by molar-refractivity contribution is 7.92. The molecule has 0 fully saturated rings. The van der Waals surface area contributed by atoms with Crippen LogP contribution in [0.25, 0.3) is 0 Å². The topological polar surface area (TPSA) is 92.8 Å². The van der Waals surface area contributed by atoms with Gasteiger partial charge >= 0.3 is 5.97 Å². The van der Waals surface area contributed by atoms with Gasteiger partial charge in [0.2, 0.25) is 10.0 Å². The van der Waals surface area contributed by atoms with E-state index in [4.69, 9.17) is 4.74 Å². The maximum Gasteiger partial charge on any atom is 0.338 e. The van der Waals surface area contributed by atoms with Gasteiger partial charge in [-0.3, -0.25) is 9.10 Å². The zero-order chi connectivity index (χ0) is 21.3. The van der Waals surface area contributed by atoms with Crippen molar-refractivity contribution in [1.29, 1.82) is 0 Å². The van der Waals surface area contributed by atoms with E-state index in [1.54, 1.807) is 32.0 Å². The Morgan fingerprint density at radius 3 is 2.62 bits per heavy atom. The molecule has 1 amide bonds. The average Bonchev–Trinajstić information content (AvgIpc) is 2.97. The molecule has 9 heteroatoms. The number of benzene rings is 2. The number of nitrogens with zero attached hydrogens (tertiary/aromatic N) is 1. The van der Waals surface area contributed by atoms with Gasteiger partial charge in [-0.05, 0) is 61.7 Å². The summed E-state index contributed by atoms with van der Waals surface area (Å²) in [5.41, 5.74) is 2.20. The summed E-state index contributed by atoms with van der Waals surface area (Å²) < 4.78 is 43.8. The molecule has 0 spiro atoms. The predicted octanol–water partition coefficient (Wildman–Crippen LogP) is 2.64. The highest BCUT2D eigenvalue weighted by atomic mass is 32.2. The Morgan fingerprint density at radius 2 is 1.97 bits per heavy atom. The van der Waals surface area contributed by atoms with Gasteiger partial charge in [0.25, 0.3) is 5.91 Å². The standard InChI is InChI=1S/C20H21FN2O5S/c1-12-4-6-16(10-17(12)21)22-19(24)11-28-20(25)14-5-7-18-15(9-14)8-13(2)23(18)29(3,26)27/h4-7,9-10,13H,8,11H2,1-3H3,(H,22,24)/t13-/m0/s1. The van der Waals surface area contributed by atoms with Crippen molar-refractivity contribution in [2.24, 2.45) is 0 Å². The largest absolute Gasteiger partial charge is 0.452 e. The second kappa shape index (κ2) is 7.82. The molecule has 0 aliphatic carbocycles. The van der Waals surface area contributed by atoms with Crippen LogP contribution < -0.4 is 9.62 Å². The number of anilines is 2. The third-order valence-electron chi connectivity index (χ3n) is 4.62. The first kappa shape index (κ1) is 20.8. The maximum absolute atomic E-state index is 13.5. The Morgan fingerprint density at radius 1 is 1.24 bits per heavy atom. The molecule has 1 aliphatic heterocycles. The molecule has 1 atom stereocenters. The number of sulfonamides is 1. The number of ether oxygens (including phenoxy) is 1. The van der Waals surface area contributed by atoms with Gasteiger partial charge < -0.3 is 10.1 Å². The van der Waals surface area contributed by atoms with Crippen molar-refractivity contribution in [3.05, 3.63) is 58.9 Å². The lowest BCUT2D eigenvalue weighted by Crippen LogP contribution is -2.34. The molecule has 0 unspecified atom stereocenters. The Labute approximate surface area is 168 Å². The summed E-state index contributed by atoms with van der Waals surface area (Å²) in [5, 5.41) is 2.46. The molecule has 2 aromatic rings. The quantitative estimate of drug-likeness (QED) is 0.751. The Kier molecular flexibility index (Phi) is 5.61. The lowest BCUT2D eigenvalue weighted by atomic mass is 10.1. The van der Waals surface area contributed by atoms with E-state index < -0.39 is 34.3 Å². The number of halogens is 1. The molecule has 29 heavy (non-hydrogen) atoms. The first-order valence-corrected chi connectivity index (χ1v) is 10.8. The average molecular weight is 420 g/mol. The Hall–Kier alpha value is -2.94.